The standard InChI is InChI=1S/C18H27FN2O.C2H2O4/c1-18(2)12-21(17-7-5-4-6-16(17)20-18)14-9-8-13(11-22-3)15(19)10-14;3-1(4)2(5)6/h8-10,16-17,20H,4-7,11-12H2,1-3H3;(H,3,4)(H,5,6)/t16-,17-;/m1./s1. The largest absolute Gasteiger partial charge is 0.473 e. The lowest BCUT2D eigenvalue weighted by Crippen LogP contribution is -2.67. The molecule has 0 amide bonds. The molecule has 2 aliphatic rings. The summed E-state index contributed by atoms with van der Waals surface area (Å²) in [6.07, 6.45) is 4.97. The first-order valence-electron chi connectivity index (χ1n) is 9.42. The van der Waals surface area contributed by atoms with Crippen LogP contribution in [-0.2, 0) is 20.9 Å². The molecule has 0 spiro atoms. The molecular formula is C20H29FN2O5. The molecular weight excluding hydrogens is 367 g/mol. The lowest BCUT2D eigenvalue weighted by Gasteiger charge is -2.52. The van der Waals surface area contributed by atoms with Crippen molar-refractivity contribution in [2.24, 2.45) is 0 Å². The number of anilines is 1. The van der Waals surface area contributed by atoms with Gasteiger partial charge in [0, 0.05) is 42.5 Å². The maximum absolute atomic E-state index is 14.3. The summed E-state index contributed by atoms with van der Waals surface area (Å²) in [5.41, 5.74) is 1.69. The molecule has 1 saturated carbocycles. The van der Waals surface area contributed by atoms with Gasteiger partial charge in [-0.05, 0) is 38.8 Å². The number of piperazine rings is 1. The third-order valence-corrected chi connectivity index (χ3v) is 5.12. The van der Waals surface area contributed by atoms with Crippen molar-refractivity contribution in [1.29, 1.82) is 0 Å². The van der Waals surface area contributed by atoms with E-state index in [4.69, 9.17) is 24.5 Å². The summed E-state index contributed by atoms with van der Waals surface area (Å²) in [4.78, 5) is 20.6. The van der Waals surface area contributed by atoms with Crippen LogP contribution < -0.4 is 10.2 Å². The van der Waals surface area contributed by atoms with Gasteiger partial charge in [-0.15, -0.1) is 0 Å². The second-order valence-corrected chi connectivity index (χ2v) is 7.93. The van der Waals surface area contributed by atoms with Gasteiger partial charge >= 0.3 is 11.9 Å². The Balaban J connectivity index is 0.000000409. The monoisotopic (exact) mass is 396 g/mol. The van der Waals surface area contributed by atoms with E-state index < -0.39 is 11.9 Å². The van der Waals surface area contributed by atoms with E-state index in [1.54, 1.807) is 13.2 Å². The van der Waals surface area contributed by atoms with Crippen molar-refractivity contribution < 1.29 is 28.9 Å². The molecule has 8 heteroatoms. The van der Waals surface area contributed by atoms with Gasteiger partial charge in [-0.1, -0.05) is 18.9 Å². The summed E-state index contributed by atoms with van der Waals surface area (Å²) in [5.74, 6) is -3.81. The second kappa shape index (κ2) is 9.34. The van der Waals surface area contributed by atoms with Crippen molar-refractivity contribution in [3.05, 3.63) is 29.6 Å². The van der Waals surface area contributed by atoms with E-state index in [0.717, 1.165) is 12.2 Å². The van der Waals surface area contributed by atoms with E-state index >= 15 is 0 Å². The lowest BCUT2D eigenvalue weighted by atomic mass is 9.83. The van der Waals surface area contributed by atoms with E-state index in [9.17, 15) is 4.39 Å². The number of carboxylic acids is 2. The van der Waals surface area contributed by atoms with Crippen molar-refractivity contribution in [1.82, 2.24) is 5.32 Å². The second-order valence-electron chi connectivity index (χ2n) is 7.93. The Labute approximate surface area is 164 Å². The highest BCUT2D eigenvalue weighted by atomic mass is 19.1. The summed E-state index contributed by atoms with van der Waals surface area (Å²) in [6, 6.07) is 6.58. The maximum atomic E-state index is 14.3. The minimum absolute atomic E-state index is 0.0557. The van der Waals surface area contributed by atoms with Crippen molar-refractivity contribution in [2.45, 2.75) is 63.8 Å². The molecule has 1 saturated heterocycles. The van der Waals surface area contributed by atoms with Gasteiger partial charge < -0.3 is 25.2 Å². The van der Waals surface area contributed by atoms with Crippen molar-refractivity contribution in [2.75, 3.05) is 18.6 Å². The fourth-order valence-electron chi connectivity index (χ4n) is 4.01. The first-order chi connectivity index (χ1) is 13.1. The third kappa shape index (κ3) is 5.65. The van der Waals surface area contributed by atoms with Gasteiger partial charge in [0.1, 0.15) is 5.82 Å². The zero-order chi connectivity index (χ0) is 20.9. The highest BCUT2D eigenvalue weighted by molar-refractivity contribution is 6.27. The number of ether oxygens (including phenoxy) is 1. The molecule has 1 aliphatic heterocycles. The first-order valence-corrected chi connectivity index (χ1v) is 9.42. The molecule has 0 aromatic heterocycles. The molecule has 1 aromatic rings. The number of carboxylic acid groups (broad SMARTS) is 2. The van der Waals surface area contributed by atoms with Crippen LogP contribution in [0.15, 0.2) is 18.2 Å². The average molecular weight is 396 g/mol. The number of halogens is 1. The maximum Gasteiger partial charge on any atom is 0.414 e. The smallest absolute Gasteiger partial charge is 0.414 e. The molecule has 1 heterocycles. The molecule has 2 fully saturated rings. The average Bonchev–Trinajstić information content (AvgIpc) is 2.62. The molecule has 0 bridgehead atoms. The zero-order valence-electron chi connectivity index (χ0n) is 16.6. The van der Waals surface area contributed by atoms with E-state index in [1.807, 2.05) is 12.1 Å². The molecule has 0 unspecified atom stereocenters. The number of carbonyl (C=O) groups is 2. The predicted octanol–water partition coefficient (Wildman–Crippen LogP) is 2.63. The number of methoxy groups -OCH3 is 1. The quantitative estimate of drug-likeness (QED) is 0.676. The van der Waals surface area contributed by atoms with E-state index in [2.05, 4.69) is 24.1 Å². The van der Waals surface area contributed by atoms with Crippen molar-refractivity contribution >= 4 is 17.6 Å². The summed E-state index contributed by atoms with van der Waals surface area (Å²) in [5, 5.41) is 18.6. The topological polar surface area (TPSA) is 99.1 Å². The Bertz CT molecular complexity index is 698. The Kier molecular flexibility index (Phi) is 7.37. The Hall–Kier alpha value is -2.19. The molecule has 156 valence electrons. The highest BCUT2D eigenvalue weighted by Crippen LogP contribution is 2.34. The fourth-order valence-corrected chi connectivity index (χ4v) is 4.01. The molecule has 7 nitrogen and oxygen atoms in total. The van der Waals surface area contributed by atoms with Crippen LogP contribution in [0.1, 0.15) is 45.1 Å². The molecule has 3 rings (SSSR count). The number of hydrogen-bond acceptors (Lipinski definition) is 5. The number of rotatable bonds is 3. The van der Waals surface area contributed by atoms with E-state index in [0.29, 0.717) is 24.3 Å². The van der Waals surface area contributed by atoms with Gasteiger partial charge in [-0.3, -0.25) is 0 Å². The molecule has 2 atom stereocenters. The van der Waals surface area contributed by atoms with E-state index in [1.165, 1.54) is 25.7 Å². The summed E-state index contributed by atoms with van der Waals surface area (Å²) < 4.78 is 19.3. The number of fused-ring (bicyclic) bond motifs is 1. The lowest BCUT2D eigenvalue weighted by molar-refractivity contribution is -0.159. The molecule has 1 aliphatic carbocycles. The SMILES string of the molecule is COCc1ccc(N2CC(C)(C)N[C@@H]3CCCC[C@H]32)cc1F.O=C(O)C(=O)O. The van der Waals surface area contributed by atoms with Crippen LogP contribution >= 0.6 is 0 Å². The van der Waals surface area contributed by atoms with Crippen LogP contribution in [0.2, 0.25) is 0 Å². The first kappa shape index (κ1) is 22.1. The van der Waals surface area contributed by atoms with Gasteiger partial charge in [0.2, 0.25) is 0 Å². The molecule has 28 heavy (non-hydrogen) atoms. The summed E-state index contributed by atoms with van der Waals surface area (Å²) in [6.45, 7) is 5.71. The Morgan fingerprint density at radius 2 is 1.89 bits per heavy atom. The number of aliphatic carboxylic acids is 2. The van der Waals surface area contributed by atoms with E-state index in [-0.39, 0.29) is 11.4 Å². The molecule has 0 radical (unpaired) electrons. The zero-order valence-corrected chi connectivity index (χ0v) is 16.6. The minimum atomic E-state index is -1.82. The number of hydrogen-bond donors (Lipinski definition) is 3. The molecule has 1 aromatic carbocycles. The van der Waals surface area contributed by atoms with Crippen LogP contribution in [-0.4, -0.2) is 53.4 Å². The predicted molar refractivity (Wildman–Crippen MR) is 103 cm³/mol. The van der Waals surface area contributed by atoms with Crippen molar-refractivity contribution in [3.8, 4) is 0 Å². The molecule has 3 N–H and O–H groups in total. The van der Waals surface area contributed by atoms with Crippen LogP contribution in [0.3, 0.4) is 0 Å². The van der Waals surface area contributed by atoms with Crippen LogP contribution in [0.5, 0.6) is 0 Å². The summed E-state index contributed by atoms with van der Waals surface area (Å²) >= 11 is 0. The Morgan fingerprint density at radius 1 is 1.25 bits per heavy atom. The fraction of sp³-hybridized carbons (Fsp3) is 0.600. The number of nitrogens with one attached hydrogen (secondary N) is 1. The van der Waals surface area contributed by atoms with Crippen LogP contribution in [0.4, 0.5) is 10.1 Å². The van der Waals surface area contributed by atoms with Crippen LogP contribution in [0, 0.1) is 5.82 Å². The minimum Gasteiger partial charge on any atom is -0.473 e. The van der Waals surface area contributed by atoms with Crippen molar-refractivity contribution in [3.63, 3.8) is 0 Å². The highest BCUT2D eigenvalue weighted by Gasteiger charge is 2.40. The van der Waals surface area contributed by atoms with Gasteiger partial charge in [0.05, 0.1) is 6.61 Å². The van der Waals surface area contributed by atoms with Gasteiger partial charge in [-0.2, -0.15) is 0 Å². The normalized spacial score (nSPS) is 23.2. The number of nitrogens with zero attached hydrogens (tertiary/aromatic N) is 1. The van der Waals surface area contributed by atoms with Gasteiger partial charge in [0.25, 0.3) is 0 Å². The number of benzene rings is 1. The van der Waals surface area contributed by atoms with Crippen LogP contribution in [0.25, 0.3) is 0 Å². The van der Waals surface area contributed by atoms with Gasteiger partial charge in [-0.25, -0.2) is 14.0 Å². The third-order valence-electron chi connectivity index (χ3n) is 5.12. The van der Waals surface area contributed by atoms with Gasteiger partial charge in [0.15, 0.2) is 0 Å². The Morgan fingerprint density at radius 3 is 2.46 bits per heavy atom. The summed E-state index contributed by atoms with van der Waals surface area (Å²) in [7, 11) is 1.60.